The molecule has 0 unspecified atom stereocenters. The van der Waals surface area contributed by atoms with E-state index >= 15 is 0 Å². The van der Waals surface area contributed by atoms with Crippen molar-refractivity contribution in [3.63, 3.8) is 0 Å². The van der Waals surface area contributed by atoms with E-state index in [2.05, 4.69) is 5.32 Å². The van der Waals surface area contributed by atoms with Crippen LogP contribution in [-0.2, 0) is 4.79 Å². The van der Waals surface area contributed by atoms with Gasteiger partial charge in [-0.25, -0.2) is 26.3 Å². The molecular weight excluding hydrogens is 450 g/mol. The summed E-state index contributed by atoms with van der Waals surface area (Å²) in [5.41, 5.74) is -0.739. The zero-order valence-electron chi connectivity index (χ0n) is 17.3. The Morgan fingerprint density at radius 3 is 2.00 bits per heavy atom. The van der Waals surface area contributed by atoms with Crippen LogP contribution in [0.3, 0.4) is 0 Å². The number of hydrogen-bond acceptors (Lipinski definition) is 3. The number of nitrogens with one attached hydrogen (secondary N) is 1. The highest BCUT2D eigenvalue weighted by atomic mass is 19.2. The largest absolute Gasteiger partial charge is 0.351 e. The number of Topliss-reactive ketones (excluding diaryl/α,β-unsaturated/α-hetero) is 1. The van der Waals surface area contributed by atoms with Crippen LogP contribution in [0.15, 0.2) is 30.3 Å². The molecule has 1 aliphatic rings. The second-order valence-corrected chi connectivity index (χ2v) is 7.60. The molecule has 0 spiro atoms. The average Bonchev–Trinajstić information content (AvgIpc) is 2.82. The van der Waals surface area contributed by atoms with E-state index in [1.54, 1.807) is 0 Å². The Bertz CT molecular complexity index is 1030. The minimum Gasteiger partial charge on any atom is -0.351 e. The summed E-state index contributed by atoms with van der Waals surface area (Å²) in [4.78, 5) is 26.4. The van der Waals surface area contributed by atoms with Crippen LogP contribution in [-0.4, -0.2) is 42.8 Å². The summed E-state index contributed by atoms with van der Waals surface area (Å²) in [7, 11) is 0. The molecule has 0 radical (unpaired) electrons. The summed E-state index contributed by atoms with van der Waals surface area (Å²) >= 11 is 0. The van der Waals surface area contributed by atoms with Crippen LogP contribution in [0.1, 0.15) is 28.8 Å². The zero-order chi connectivity index (χ0) is 24.1. The molecule has 1 heterocycles. The second kappa shape index (κ2) is 10.7. The van der Waals surface area contributed by atoms with Gasteiger partial charge in [-0.3, -0.25) is 9.59 Å². The van der Waals surface area contributed by atoms with E-state index in [1.165, 1.54) is 24.3 Å². The normalized spacial score (nSPS) is 15.2. The highest BCUT2D eigenvalue weighted by Gasteiger charge is 2.26. The van der Waals surface area contributed by atoms with Crippen molar-refractivity contribution in [3.05, 3.63) is 76.4 Å². The lowest BCUT2D eigenvalue weighted by molar-refractivity contribution is -0.116. The maximum atomic E-state index is 13.6. The van der Waals surface area contributed by atoms with Gasteiger partial charge in [0.15, 0.2) is 29.1 Å². The molecule has 3 rings (SSSR count). The van der Waals surface area contributed by atoms with Crippen LogP contribution < -0.4 is 5.32 Å². The quantitative estimate of drug-likeness (QED) is 0.217. The molecule has 0 atom stereocenters. The Labute approximate surface area is 185 Å². The van der Waals surface area contributed by atoms with E-state index in [0.29, 0.717) is 50.2 Å². The third-order valence-corrected chi connectivity index (χ3v) is 5.46. The van der Waals surface area contributed by atoms with Crippen LogP contribution in [0, 0.1) is 40.8 Å². The van der Waals surface area contributed by atoms with Crippen molar-refractivity contribution in [2.45, 2.75) is 12.8 Å². The first-order chi connectivity index (χ1) is 15.7. The number of hydrogen-bond donors (Lipinski definition) is 1. The SMILES string of the molecule is O=C(/C=C/c1c(F)c(F)c(F)c(F)c1F)NCCN1CCC(C(=O)c2ccc(F)cc2)CC1. The third kappa shape index (κ3) is 5.81. The number of amides is 1. The van der Waals surface area contributed by atoms with E-state index in [0.717, 1.165) is 0 Å². The van der Waals surface area contributed by atoms with Crippen LogP contribution in [0.2, 0.25) is 0 Å². The fourth-order valence-electron chi connectivity index (χ4n) is 3.59. The average molecular weight is 470 g/mol. The van der Waals surface area contributed by atoms with E-state index in [1.807, 2.05) is 4.90 Å². The zero-order valence-corrected chi connectivity index (χ0v) is 17.3. The van der Waals surface area contributed by atoms with Gasteiger partial charge in [-0.2, -0.15) is 0 Å². The Balaban J connectivity index is 1.45. The number of carbonyl (C=O) groups is 2. The monoisotopic (exact) mass is 470 g/mol. The van der Waals surface area contributed by atoms with Crippen LogP contribution >= 0.6 is 0 Å². The molecule has 0 aromatic heterocycles. The molecule has 0 bridgehead atoms. The third-order valence-electron chi connectivity index (χ3n) is 5.46. The molecule has 10 heteroatoms. The summed E-state index contributed by atoms with van der Waals surface area (Å²) in [5, 5.41) is 2.47. The standard InChI is InChI=1S/C23H20F6N2O2/c24-15-3-1-13(2-4-15)23(33)14-7-10-31(11-8-14)12-9-30-17(32)6-5-16-18(25)20(27)22(29)21(28)19(16)26/h1-6,14H,7-12H2,(H,30,32)/b6-5+. The van der Waals surface area contributed by atoms with Gasteiger partial charge in [0.1, 0.15) is 5.82 Å². The van der Waals surface area contributed by atoms with E-state index < -0.39 is 46.4 Å². The fraction of sp³-hybridized carbons (Fsp3) is 0.304. The highest BCUT2D eigenvalue weighted by Crippen LogP contribution is 2.24. The molecule has 2 aromatic rings. The molecule has 1 amide bonds. The minimum absolute atomic E-state index is 0.0405. The van der Waals surface area contributed by atoms with Crippen molar-refractivity contribution in [2.24, 2.45) is 5.92 Å². The number of carbonyl (C=O) groups excluding carboxylic acids is 2. The van der Waals surface area contributed by atoms with Gasteiger partial charge < -0.3 is 10.2 Å². The van der Waals surface area contributed by atoms with E-state index in [4.69, 9.17) is 0 Å². The van der Waals surface area contributed by atoms with Gasteiger partial charge in [0.25, 0.3) is 0 Å². The van der Waals surface area contributed by atoms with Crippen LogP contribution in [0.4, 0.5) is 26.3 Å². The van der Waals surface area contributed by atoms with Crippen molar-refractivity contribution in [1.29, 1.82) is 0 Å². The van der Waals surface area contributed by atoms with Gasteiger partial charge in [0, 0.05) is 30.6 Å². The number of piperidine rings is 1. The van der Waals surface area contributed by atoms with Gasteiger partial charge in [-0.15, -0.1) is 0 Å². The molecule has 33 heavy (non-hydrogen) atoms. The molecule has 0 saturated carbocycles. The molecule has 1 saturated heterocycles. The van der Waals surface area contributed by atoms with Gasteiger partial charge in [0.05, 0.1) is 5.56 Å². The maximum Gasteiger partial charge on any atom is 0.244 e. The maximum absolute atomic E-state index is 13.6. The van der Waals surface area contributed by atoms with E-state index in [9.17, 15) is 35.9 Å². The fourth-order valence-corrected chi connectivity index (χ4v) is 3.59. The van der Waals surface area contributed by atoms with Crippen molar-refractivity contribution >= 4 is 17.8 Å². The Morgan fingerprint density at radius 2 is 1.42 bits per heavy atom. The molecule has 1 aliphatic heterocycles. The first kappa shape index (κ1) is 24.5. The molecule has 0 aliphatic carbocycles. The van der Waals surface area contributed by atoms with Gasteiger partial charge in [0.2, 0.25) is 11.7 Å². The van der Waals surface area contributed by atoms with Crippen molar-refractivity contribution in [2.75, 3.05) is 26.2 Å². The first-order valence-electron chi connectivity index (χ1n) is 10.2. The summed E-state index contributed by atoms with van der Waals surface area (Å²) in [6.45, 7) is 1.83. The smallest absolute Gasteiger partial charge is 0.244 e. The lowest BCUT2D eigenvalue weighted by Crippen LogP contribution is -2.40. The molecule has 1 fully saturated rings. The number of halogens is 6. The van der Waals surface area contributed by atoms with Crippen LogP contribution in [0.5, 0.6) is 0 Å². The van der Waals surface area contributed by atoms with Gasteiger partial charge in [-0.05, 0) is 56.3 Å². The molecule has 2 aromatic carbocycles. The number of rotatable bonds is 7. The van der Waals surface area contributed by atoms with Gasteiger partial charge >= 0.3 is 0 Å². The Morgan fingerprint density at radius 1 is 0.879 bits per heavy atom. The summed E-state index contributed by atoms with van der Waals surface area (Å²) in [6, 6.07) is 5.40. The molecular formula is C23H20F6N2O2. The predicted octanol–water partition coefficient (Wildman–Crippen LogP) is 4.25. The van der Waals surface area contributed by atoms with Crippen molar-refractivity contribution in [3.8, 4) is 0 Å². The van der Waals surface area contributed by atoms with Crippen LogP contribution in [0.25, 0.3) is 6.08 Å². The topological polar surface area (TPSA) is 49.4 Å². The van der Waals surface area contributed by atoms with Gasteiger partial charge in [-0.1, -0.05) is 0 Å². The number of nitrogens with zero attached hydrogens (tertiary/aromatic N) is 1. The summed E-state index contributed by atoms with van der Waals surface area (Å²) in [5.74, 6) is -11.9. The first-order valence-corrected chi connectivity index (χ1v) is 10.2. The molecule has 4 nitrogen and oxygen atoms in total. The second-order valence-electron chi connectivity index (χ2n) is 7.60. The lowest BCUT2D eigenvalue weighted by atomic mass is 9.89. The summed E-state index contributed by atoms with van der Waals surface area (Å²) < 4.78 is 79.6. The molecule has 176 valence electrons. The number of ketones is 1. The Hall–Kier alpha value is -3.14. The minimum atomic E-state index is -2.27. The van der Waals surface area contributed by atoms with Crippen molar-refractivity contribution in [1.82, 2.24) is 10.2 Å². The highest BCUT2D eigenvalue weighted by molar-refractivity contribution is 5.97. The van der Waals surface area contributed by atoms with Crippen molar-refractivity contribution < 1.29 is 35.9 Å². The number of likely N-dealkylation sites (tertiary alicyclic amines) is 1. The number of benzene rings is 2. The summed E-state index contributed by atoms with van der Waals surface area (Å²) in [6.07, 6.45) is 2.42. The lowest BCUT2D eigenvalue weighted by Gasteiger charge is -2.31. The van der Waals surface area contributed by atoms with E-state index in [-0.39, 0.29) is 18.2 Å². The Kier molecular flexibility index (Phi) is 7.91. The molecule has 1 N–H and O–H groups in total. The predicted molar refractivity (Wildman–Crippen MR) is 108 cm³/mol.